The van der Waals surface area contributed by atoms with Gasteiger partial charge in [-0.05, 0) is 42.8 Å². The Hall–Kier alpha value is -2.92. The first-order chi connectivity index (χ1) is 12.1. The molecule has 2 aromatic carbocycles. The van der Waals surface area contributed by atoms with Crippen molar-refractivity contribution in [3.05, 3.63) is 76.9 Å². The van der Waals surface area contributed by atoms with Crippen LogP contribution in [0, 0.1) is 0 Å². The Morgan fingerprint density at radius 3 is 2.68 bits per heavy atom. The van der Waals surface area contributed by atoms with Crippen molar-refractivity contribution in [1.29, 1.82) is 0 Å². The Morgan fingerprint density at radius 1 is 1.12 bits per heavy atom. The van der Waals surface area contributed by atoms with Gasteiger partial charge in [-0.25, -0.2) is 4.98 Å². The molecule has 0 bridgehead atoms. The molecule has 0 unspecified atom stereocenters. The molecule has 0 amide bonds. The van der Waals surface area contributed by atoms with Gasteiger partial charge in [-0.3, -0.25) is 4.79 Å². The van der Waals surface area contributed by atoms with Crippen molar-refractivity contribution in [1.82, 2.24) is 9.97 Å². The van der Waals surface area contributed by atoms with Crippen LogP contribution in [-0.4, -0.2) is 15.8 Å². The molecule has 0 aliphatic rings. The zero-order chi connectivity index (χ0) is 17.6. The number of anilines is 3. The van der Waals surface area contributed by atoms with Gasteiger partial charge >= 0.3 is 0 Å². The average molecular weight is 353 g/mol. The van der Waals surface area contributed by atoms with Gasteiger partial charge in [-0.15, -0.1) is 0 Å². The molecule has 0 aliphatic carbocycles. The molecule has 2 N–H and O–H groups in total. The van der Waals surface area contributed by atoms with Gasteiger partial charge in [0.2, 0.25) is 5.95 Å². The molecule has 5 nitrogen and oxygen atoms in total. The highest BCUT2D eigenvalue weighted by atomic mass is 35.5. The normalized spacial score (nSPS) is 10.3. The zero-order valence-corrected chi connectivity index (χ0v) is 14.4. The van der Waals surface area contributed by atoms with Gasteiger partial charge in [-0.2, -0.15) is 4.98 Å². The number of aromatic nitrogens is 2. The molecular formula is C19H17ClN4O. The summed E-state index contributed by atoms with van der Waals surface area (Å²) in [6.45, 7) is 2.14. The lowest BCUT2D eigenvalue weighted by atomic mass is 10.1. The Morgan fingerprint density at radius 2 is 1.92 bits per heavy atom. The molecule has 0 saturated carbocycles. The first-order valence-electron chi connectivity index (χ1n) is 7.79. The van der Waals surface area contributed by atoms with Crippen molar-refractivity contribution in [3.8, 4) is 0 Å². The van der Waals surface area contributed by atoms with Crippen LogP contribution in [0.1, 0.15) is 22.8 Å². The highest BCUT2D eigenvalue weighted by molar-refractivity contribution is 6.30. The third-order valence-corrected chi connectivity index (χ3v) is 3.81. The summed E-state index contributed by atoms with van der Waals surface area (Å²) >= 11 is 5.88. The van der Waals surface area contributed by atoms with E-state index in [1.807, 2.05) is 36.4 Å². The van der Waals surface area contributed by atoms with Crippen LogP contribution in [0.2, 0.25) is 5.02 Å². The van der Waals surface area contributed by atoms with Crippen LogP contribution < -0.4 is 10.6 Å². The van der Waals surface area contributed by atoms with Crippen LogP contribution >= 0.6 is 11.6 Å². The third kappa shape index (κ3) is 4.78. The lowest BCUT2D eigenvalue weighted by Gasteiger charge is -2.09. The van der Waals surface area contributed by atoms with E-state index in [0.717, 1.165) is 11.3 Å². The van der Waals surface area contributed by atoms with Gasteiger partial charge < -0.3 is 10.6 Å². The predicted octanol–water partition coefficient (Wildman–Crippen LogP) is 4.69. The highest BCUT2D eigenvalue weighted by Crippen LogP contribution is 2.17. The highest BCUT2D eigenvalue weighted by Gasteiger charge is 2.03. The molecule has 25 heavy (non-hydrogen) atoms. The number of nitrogens with zero attached hydrogens (tertiary/aromatic N) is 2. The Balaban J connectivity index is 1.68. The number of carbonyl (C=O) groups excluding carboxylic acids is 1. The van der Waals surface area contributed by atoms with Crippen LogP contribution in [0.3, 0.4) is 0 Å². The number of benzene rings is 2. The van der Waals surface area contributed by atoms with Crippen molar-refractivity contribution in [2.75, 3.05) is 10.6 Å². The maximum atomic E-state index is 11.5. The molecule has 0 fully saturated rings. The number of hydrogen-bond donors (Lipinski definition) is 2. The van der Waals surface area contributed by atoms with Gasteiger partial charge in [-0.1, -0.05) is 35.9 Å². The number of ketones is 1. The second-order valence-corrected chi connectivity index (χ2v) is 5.94. The molecule has 1 aromatic heterocycles. The molecule has 0 spiro atoms. The molecule has 3 aromatic rings. The summed E-state index contributed by atoms with van der Waals surface area (Å²) in [7, 11) is 0. The molecule has 0 aliphatic heterocycles. The second-order valence-electron chi connectivity index (χ2n) is 5.51. The summed E-state index contributed by atoms with van der Waals surface area (Å²) in [5.41, 5.74) is 2.54. The minimum absolute atomic E-state index is 0.0247. The first-order valence-corrected chi connectivity index (χ1v) is 8.17. The third-order valence-electron chi connectivity index (χ3n) is 3.56. The molecule has 3 rings (SSSR count). The fraction of sp³-hybridized carbons (Fsp3) is 0.105. The maximum Gasteiger partial charge on any atom is 0.224 e. The lowest BCUT2D eigenvalue weighted by Crippen LogP contribution is -2.05. The summed E-state index contributed by atoms with van der Waals surface area (Å²) in [4.78, 5) is 20.1. The number of carbonyl (C=O) groups is 1. The molecule has 1 heterocycles. The van der Waals surface area contributed by atoms with Crippen LogP contribution in [0.5, 0.6) is 0 Å². The molecule has 6 heteroatoms. The minimum Gasteiger partial charge on any atom is -0.350 e. The fourth-order valence-corrected chi connectivity index (χ4v) is 2.39. The SMILES string of the molecule is CC(=O)c1cccc(Nc2ccnc(NCc3ccc(Cl)cc3)n2)c1. The molecule has 0 saturated heterocycles. The van der Waals surface area contributed by atoms with E-state index in [-0.39, 0.29) is 5.78 Å². The summed E-state index contributed by atoms with van der Waals surface area (Å²) in [6, 6.07) is 16.7. The van der Waals surface area contributed by atoms with Gasteiger partial charge in [0.25, 0.3) is 0 Å². The smallest absolute Gasteiger partial charge is 0.224 e. The molecular weight excluding hydrogens is 336 g/mol. The topological polar surface area (TPSA) is 66.9 Å². The standard InChI is InChI=1S/C19H17ClN4O/c1-13(25)15-3-2-4-17(11-15)23-18-9-10-21-19(24-18)22-12-14-5-7-16(20)8-6-14/h2-11H,12H2,1H3,(H2,21,22,23,24). The van der Waals surface area contributed by atoms with Crippen molar-refractivity contribution in [2.24, 2.45) is 0 Å². The van der Waals surface area contributed by atoms with Crippen LogP contribution in [0.4, 0.5) is 17.5 Å². The molecule has 0 radical (unpaired) electrons. The largest absolute Gasteiger partial charge is 0.350 e. The van der Waals surface area contributed by atoms with Gasteiger partial charge in [0.05, 0.1) is 0 Å². The Labute approximate surface area is 151 Å². The number of halogens is 1. The number of hydrogen-bond acceptors (Lipinski definition) is 5. The average Bonchev–Trinajstić information content (AvgIpc) is 2.62. The van der Waals surface area contributed by atoms with Gasteiger partial charge in [0, 0.05) is 29.0 Å². The maximum absolute atomic E-state index is 11.5. The zero-order valence-electron chi connectivity index (χ0n) is 13.7. The Kier molecular flexibility index (Phi) is 5.26. The molecule has 126 valence electrons. The van der Waals surface area contributed by atoms with Crippen molar-refractivity contribution < 1.29 is 4.79 Å². The quantitative estimate of drug-likeness (QED) is 0.630. The summed E-state index contributed by atoms with van der Waals surface area (Å²) in [5, 5.41) is 7.07. The monoisotopic (exact) mass is 352 g/mol. The van der Waals surface area contributed by atoms with E-state index in [2.05, 4.69) is 20.6 Å². The summed E-state index contributed by atoms with van der Waals surface area (Å²) in [6.07, 6.45) is 1.67. The van der Waals surface area contributed by atoms with Crippen molar-refractivity contribution in [3.63, 3.8) is 0 Å². The predicted molar refractivity (Wildman–Crippen MR) is 101 cm³/mol. The van der Waals surface area contributed by atoms with E-state index in [4.69, 9.17) is 11.6 Å². The number of rotatable bonds is 6. The van der Waals surface area contributed by atoms with Gasteiger partial charge in [0.15, 0.2) is 5.78 Å². The van der Waals surface area contributed by atoms with Crippen LogP contribution in [-0.2, 0) is 6.54 Å². The number of Topliss-reactive ketones (excluding diaryl/α,β-unsaturated/α-hetero) is 1. The van der Waals surface area contributed by atoms with E-state index in [0.29, 0.717) is 28.9 Å². The van der Waals surface area contributed by atoms with E-state index in [9.17, 15) is 4.79 Å². The van der Waals surface area contributed by atoms with Crippen molar-refractivity contribution >= 4 is 34.8 Å². The Bertz CT molecular complexity index is 881. The first kappa shape index (κ1) is 16.9. The number of nitrogens with one attached hydrogen (secondary N) is 2. The molecule has 0 atom stereocenters. The van der Waals surface area contributed by atoms with E-state index in [1.165, 1.54) is 0 Å². The van der Waals surface area contributed by atoms with Crippen LogP contribution in [0.25, 0.3) is 0 Å². The fourth-order valence-electron chi connectivity index (χ4n) is 2.26. The minimum atomic E-state index is 0.0247. The summed E-state index contributed by atoms with van der Waals surface area (Å²) < 4.78 is 0. The second kappa shape index (κ2) is 7.77. The van der Waals surface area contributed by atoms with Gasteiger partial charge in [0.1, 0.15) is 5.82 Å². The van der Waals surface area contributed by atoms with E-state index in [1.54, 1.807) is 31.3 Å². The lowest BCUT2D eigenvalue weighted by molar-refractivity contribution is 0.101. The van der Waals surface area contributed by atoms with Crippen LogP contribution in [0.15, 0.2) is 60.8 Å². The summed E-state index contributed by atoms with van der Waals surface area (Å²) in [5.74, 6) is 1.19. The van der Waals surface area contributed by atoms with E-state index >= 15 is 0 Å². The van der Waals surface area contributed by atoms with Crippen molar-refractivity contribution in [2.45, 2.75) is 13.5 Å². The van der Waals surface area contributed by atoms with E-state index < -0.39 is 0 Å².